The third kappa shape index (κ3) is 6.04. The SMILES string of the molecule is CCOC(=O)C(CCC(=O)O)CCc1ccccc1. The standard InChI is InChI=1S/C15H20O4/c1-2-19-15(18)13(10-11-14(16)17)9-8-12-6-4-3-5-7-12/h3-7,13H,2,8-11H2,1H3,(H,16,17). The monoisotopic (exact) mass is 264 g/mol. The van der Waals surface area contributed by atoms with Crippen molar-refractivity contribution < 1.29 is 19.4 Å². The van der Waals surface area contributed by atoms with E-state index in [-0.39, 0.29) is 18.3 Å². The van der Waals surface area contributed by atoms with E-state index in [1.54, 1.807) is 6.92 Å². The summed E-state index contributed by atoms with van der Waals surface area (Å²) in [7, 11) is 0. The maximum atomic E-state index is 11.8. The van der Waals surface area contributed by atoms with Crippen molar-refractivity contribution in [2.24, 2.45) is 5.92 Å². The first-order chi connectivity index (χ1) is 9.13. The van der Waals surface area contributed by atoms with E-state index >= 15 is 0 Å². The highest BCUT2D eigenvalue weighted by molar-refractivity contribution is 5.74. The second-order valence-corrected chi connectivity index (χ2v) is 4.41. The zero-order chi connectivity index (χ0) is 14.1. The molecule has 0 fully saturated rings. The van der Waals surface area contributed by atoms with Gasteiger partial charge in [0.25, 0.3) is 0 Å². The molecule has 1 N–H and O–H groups in total. The summed E-state index contributed by atoms with van der Waals surface area (Å²) in [6.45, 7) is 2.08. The van der Waals surface area contributed by atoms with Crippen LogP contribution in [-0.2, 0) is 20.7 Å². The predicted octanol–water partition coefficient (Wildman–Crippen LogP) is 2.66. The van der Waals surface area contributed by atoms with E-state index in [0.717, 1.165) is 12.0 Å². The van der Waals surface area contributed by atoms with Crippen molar-refractivity contribution in [3.05, 3.63) is 35.9 Å². The van der Waals surface area contributed by atoms with E-state index in [4.69, 9.17) is 9.84 Å². The highest BCUT2D eigenvalue weighted by Crippen LogP contribution is 2.17. The smallest absolute Gasteiger partial charge is 0.308 e. The highest BCUT2D eigenvalue weighted by Gasteiger charge is 2.20. The number of aliphatic carboxylic acids is 1. The summed E-state index contributed by atoms with van der Waals surface area (Å²) in [5, 5.41) is 8.71. The van der Waals surface area contributed by atoms with Crippen LogP contribution in [0.25, 0.3) is 0 Å². The zero-order valence-electron chi connectivity index (χ0n) is 11.2. The van der Waals surface area contributed by atoms with Crippen molar-refractivity contribution in [2.75, 3.05) is 6.61 Å². The van der Waals surface area contributed by atoms with Gasteiger partial charge >= 0.3 is 11.9 Å². The van der Waals surface area contributed by atoms with E-state index < -0.39 is 5.97 Å². The molecule has 0 bridgehead atoms. The molecule has 0 aliphatic rings. The number of esters is 1. The van der Waals surface area contributed by atoms with Gasteiger partial charge in [-0.05, 0) is 31.7 Å². The third-order valence-corrected chi connectivity index (χ3v) is 2.95. The average molecular weight is 264 g/mol. The number of carboxylic acids is 1. The lowest BCUT2D eigenvalue weighted by Crippen LogP contribution is -2.19. The van der Waals surface area contributed by atoms with Gasteiger partial charge in [0, 0.05) is 6.42 Å². The molecule has 1 unspecified atom stereocenters. The summed E-state index contributed by atoms with van der Waals surface area (Å²) < 4.78 is 4.99. The van der Waals surface area contributed by atoms with Crippen LogP contribution in [0.1, 0.15) is 31.7 Å². The van der Waals surface area contributed by atoms with Crippen molar-refractivity contribution in [3.8, 4) is 0 Å². The second-order valence-electron chi connectivity index (χ2n) is 4.41. The number of hydrogen-bond acceptors (Lipinski definition) is 3. The maximum absolute atomic E-state index is 11.8. The van der Waals surface area contributed by atoms with Crippen molar-refractivity contribution in [2.45, 2.75) is 32.6 Å². The fourth-order valence-corrected chi connectivity index (χ4v) is 1.92. The van der Waals surface area contributed by atoms with Crippen LogP contribution in [0.2, 0.25) is 0 Å². The molecule has 0 aliphatic carbocycles. The molecule has 1 rings (SSSR count). The van der Waals surface area contributed by atoms with Gasteiger partial charge in [-0.15, -0.1) is 0 Å². The Morgan fingerprint density at radius 1 is 1.21 bits per heavy atom. The Balaban J connectivity index is 2.52. The minimum absolute atomic E-state index is 0.00172. The van der Waals surface area contributed by atoms with Gasteiger partial charge in [-0.3, -0.25) is 9.59 Å². The molecule has 104 valence electrons. The molecule has 1 atom stereocenters. The number of carbonyl (C=O) groups is 2. The number of rotatable bonds is 8. The largest absolute Gasteiger partial charge is 0.481 e. The number of ether oxygens (including phenoxy) is 1. The Bertz CT molecular complexity index is 400. The Labute approximate surface area is 113 Å². The van der Waals surface area contributed by atoms with Crippen LogP contribution in [0, 0.1) is 5.92 Å². The van der Waals surface area contributed by atoms with Crippen molar-refractivity contribution in [1.29, 1.82) is 0 Å². The molecule has 1 aromatic carbocycles. The van der Waals surface area contributed by atoms with Gasteiger partial charge in [-0.25, -0.2) is 0 Å². The lowest BCUT2D eigenvalue weighted by Gasteiger charge is -2.14. The second kappa shape index (κ2) is 8.29. The maximum Gasteiger partial charge on any atom is 0.308 e. The van der Waals surface area contributed by atoms with Gasteiger partial charge in [-0.2, -0.15) is 0 Å². The van der Waals surface area contributed by atoms with Gasteiger partial charge < -0.3 is 9.84 Å². The number of carboxylic acid groups (broad SMARTS) is 1. The molecule has 19 heavy (non-hydrogen) atoms. The highest BCUT2D eigenvalue weighted by atomic mass is 16.5. The fraction of sp³-hybridized carbons (Fsp3) is 0.467. The summed E-state index contributed by atoms with van der Waals surface area (Å²) in [6, 6.07) is 9.84. The van der Waals surface area contributed by atoms with Crippen LogP contribution >= 0.6 is 0 Å². The molecule has 0 aliphatic heterocycles. The number of benzene rings is 1. The van der Waals surface area contributed by atoms with Crippen LogP contribution in [0.15, 0.2) is 30.3 Å². The molecular weight excluding hydrogens is 244 g/mol. The molecule has 4 heteroatoms. The zero-order valence-corrected chi connectivity index (χ0v) is 11.2. The molecule has 1 aromatic rings. The van der Waals surface area contributed by atoms with Gasteiger partial charge in [0.15, 0.2) is 0 Å². The van der Waals surface area contributed by atoms with E-state index in [1.807, 2.05) is 30.3 Å². The molecule has 0 spiro atoms. The Kier molecular flexibility index (Phi) is 6.64. The van der Waals surface area contributed by atoms with Gasteiger partial charge in [0.1, 0.15) is 0 Å². The van der Waals surface area contributed by atoms with E-state index in [9.17, 15) is 9.59 Å². The van der Waals surface area contributed by atoms with Gasteiger partial charge in [0.2, 0.25) is 0 Å². The van der Waals surface area contributed by atoms with Crippen molar-refractivity contribution in [3.63, 3.8) is 0 Å². The third-order valence-electron chi connectivity index (χ3n) is 2.95. The van der Waals surface area contributed by atoms with Gasteiger partial charge in [0.05, 0.1) is 12.5 Å². The molecule has 0 saturated heterocycles. The van der Waals surface area contributed by atoms with Crippen LogP contribution in [0.5, 0.6) is 0 Å². The molecule has 0 radical (unpaired) electrons. The topological polar surface area (TPSA) is 63.6 Å². The summed E-state index contributed by atoms with van der Waals surface area (Å²) in [5.41, 5.74) is 1.15. The van der Waals surface area contributed by atoms with Gasteiger partial charge in [-0.1, -0.05) is 30.3 Å². The molecular formula is C15H20O4. The molecule has 0 heterocycles. The predicted molar refractivity (Wildman–Crippen MR) is 71.8 cm³/mol. The number of hydrogen-bond donors (Lipinski definition) is 1. The summed E-state index contributed by atoms with van der Waals surface area (Å²) in [4.78, 5) is 22.4. The van der Waals surface area contributed by atoms with E-state index in [0.29, 0.717) is 19.4 Å². The Morgan fingerprint density at radius 2 is 1.89 bits per heavy atom. The van der Waals surface area contributed by atoms with E-state index in [1.165, 1.54) is 0 Å². The molecule has 0 aromatic heterocycles. The quantitative estimate of drug-likeness (QED) is 0.733. The summed E-state index contributed by atoms with van der Waals surface area (Å²) in [5.74, 6) is -1.51. The first-order valence-corrected chi connectivity index (χ1v) is 6.55. The minimum Gasteiger partial charge on any atom is -0.481 e. The Morgan fingerprint density at radius 3 is 2.47 bits per heavy atom. The molecule has 0 amide bonds. The summed E-state index contributed by atoms with van der Waals surface area (Å²) >= 11 is 0. The Hall–Kier alpha value is -1.84. The fourth-order valence-electron chi connectivity index (χ4n) is 1.92. The van der Waals surface area contributed by atoms with Crippen LogP contribution < -0.4 is 0 Å². The molecule has 4 nitrogen and oxygen atoms in total. The number of aryl methyl sites for hydroxylation is 1. The molecule has 0 saturated carbocycles. The van der Waals surface area contributed by atoms with Crippen molar-refractivity contribution in [1.82, 2.24) is 0 Å². The normalized spacial score (nSPS) is 11.8. The average Bonchev–Trinajstić information content (AvgIpc) is 2.40. The van der Waals surface area contributed by atoms with Crippen LogP contribution in [-0.4, -0.2) is 23.7 Å². The summed E-state index contributed by atoms with van der Waals surface area (Å²) in [6.07, 6.45) is 1.71. The van der Waals surface area contributed by atoms with Crippen molar-refractivity contribution >= 4 is 11.9 Å². The lowest BCUT2D eigenvalue weighted by atomic mass is 9.95. The van der Waals surface area contributed by atoms with Crippen LogP contribution in [0.3, 0.4) is 0 Å². The number of carbonyl (C=O) groups excluding carboxylic acids is 1. The minimum atomic E-state index is -0.881. The first kappa shape index (κ1) is 15.2. The van der Waals surface area contributed by atoms with E-state index in [2.05, 4.69) is 0 Å². The lowest BCUT2D eigenvalue weighted by molar-refractivity contribution is -0.149. The first-order valence-electron chi connectivity index (χ1n) is 6.55. The van der Waals surface area contributed by atoms with Crippen LogP contribution in [0.4, 0.5) is 0 Å².